The van der Waals surface area contributed by atoms with Gasteiger partial charge in [-0.25, -0.2) is 16.3 Å². The first-order valence-electron chi connectivity index (χ1n) is 12.5. The van der Waals surface area contributed by atoms with Crippen LogP contribution in [-0.2, 0) is 0 Å². The lowest BCUT2D eigenvalue weighted by atomic mass is 10.1. The van der Waals surface area contributed by atoms with Gasteiger partial charge >= 0.3 is 0 Å². The number of nitrogen functional groups attached to an aromatic ring is 3. The molecule has 0 aliphatic rings. The molecular formula is C30H27N9O3. The number of nitrogens with one attached hydrogen (secondary N) is 3. The number of nitrogens with zero attached hydrogens (tertiary/aromatic N) is 3. The molecule has 0 saturated heterocycles. The van der Waals surface area contributed by atoms with Gasteiger partial charge in [0.1, 0.15) is 0 Å². The number of hydrogen-bond acceptors (Lipinski definition) is 9. The number of carbonyl (C=O) groups excluding carboxylic acids is 3. The zero-order valence-corrected chi connectivity index (χ0v) is 22.2. The number of hydrogen-bond donors (Lipinski definition) is 6. The molecule has 12 nitrogen and oxygen atoms in total. The van der Waals surface area contributed by atoms with Gasteiger partial charge in [0, 0.05) is 33.8 Å². The van der Waals surface area contributed by atoms with E-state index in [0.717, 1.165) is 0 Å². The Morgan fingerprint density at radius 1 is 0.452 bits per heavy atom. The van der Waals surface area contributed by atoms with E-state index in [0.29, 0.717) is 50.4 Å². The molecule has 0 bridgehead atoms. The van der Waals surface area contributed by atoms with Crippen molar-refractivity contribution in [1.82, 2.24) is 16.3 Å². The fraction of sp³-hybridized carbons (Fsp3) is 0. The van der Waals surface area contributed by atoms with Crippen LogP contribution in [0, 0.1) is 0 Å². The summed E-state index contributed by atoms with van der Waals surface area (Å²) in [5.41, 5.74) is 28.9. The van der Waals surface area contributed by atoms with Gasteiger partial charge in [-0.3, -0.25) is 14.4 Å². The Balaban J connectivity index is 1.49. The predicted octanol–water partition coefficient (Wildman–Crippen LogP) is 2.72. The molecule has 0 aliphatic carbocycles. The number of amides is 3. The van der Waals surface area contributed by atoms with Crippen LogP contribution in [0.3, 0.4) is 0 Å². The minimum absolute atomic E-state index is 0.392. The molecule has 4 aromatic rings. The Hall–Kier alpha value is -6.30. The second-order valence-corrected chi connectivity index (χ2v) is 8.90. The van der Waals surface area contributed by atoms with E-state index in [4.69, 9.17) is 17.2 Å². The third kappa shape index (κ3) is 8.35. The molecule has 12 heteroatoms. The zero-order chi connectivity index (χ0) is 29.9. The average molecular weight is 562 g/mol. The summed E-state index contributed by atoms with van der Waals surface area (Å²) >= 11 is 0. The Bertz CT molecular complexity index is 1450. The first-order valence-corrected chi connectivity index (χ1v) is 12.5. The number of rotatable bonds is 9. The van der Waals surface area contributed by atoms with E-state index in [1.54, 1.807) is 91.0 Å². The Morgan fingerprint density at radius 3 is 0.929 bits per heavy atom. The van der Waals surface area contributed by atoms with E-state index < -0.39 is 17.7 Å². The molecule has 3 amide bonds. The highest BCUT2D eigenvalue weighted by Gasteiger charge is 2.06. The van der Waals surface area contributed by atoms with Crippen LogP contribution in [0.25, 0.3) is 0 Å². The lowest BCUT2D eigenvalue weighted by Gasteiger charge is -2.04. The van der Waals surface area contributed by atoms with Crippen molar-refractivity contribution in [2.45, 2.75) is 0 Å². The van der Waals surface area contributed by atoms with Gasteiger partial charge in [0.25, 0.3) is 17.7 Å². The largest absolute Gasteiger partial charge is 0.399 e. The maximum Gasteiger partial charge on any atom is 0.271 e. The molecule has 210 valence electrons. The summed E-state index contributed by atoms with van der Waals surface area (Å²) in [5.74, 6) is -1.25. The molecule has 0 aromatic heterocycles. The normalized spacial score (nSPS) is 11.1. The van der Waals surface area contributed by atoms with E-state index >= 15 is 0 Å². The molecule has 0 unspecified atom stereocenters. The molecule has 0 spiro atoms. The van der Waals surface area contributed by atoms with Crippen molar-refractivity contribution in [2.24, 2.45) is 15.3 Å². The molecule has 0 saturated carbocycles. The number of hydrazone groups is 3. The van der Waals surface area contributed by atoms with Crippen LogP contribution in [0.1, 0.15) is 47.8 Å². The minimum atomic E-state index is -0.415. The molecular weight excluding hydrogens is 534 g/mol. The van der Waals surface area contributed by atoms with E-state index in [1.165, 1.54) is 18.6 Å². The summed E-state index contributed by atoms with van der Waals surface area (Å²) in [6, 6.07) is 24.4. The molecule has 0 heterocycles. The fourth-order valence-electron chi connectivity index (χ4n) is 3.52. The third-order valence-electron chi connectivity index (χ3n) is 5.66. The number of anilines is 3. The lowest BCUT2D eigenvalue weighted by molar-refractivity contribution is 0.0947. The standard InChI is InChI=1S/C30H27N9O3/c31-25-7-1-22(2-8-25)28(40)37-34-16-19-13-20(17-35-38-29(41)23-3-9-26(32)10-4-23)15-21(14-19)18-36-39-30(42)24-5-11-27(33)12-6-24/h1-18H,31-33H2,(H,37,40)(H,38,41)(H,39,42). The molecule has 0 fully saturated rings. The smallest absolute Gasteiger partial charge is 0.271 e. The van der Waals surface area contributed by atoms with Crippen molar-refractivity contribution in [1.29, 1.82) is 0 Å². The number of carbonyl (C=O) groups is 3. The molecule has 4 rings (SSSR count). The zero-order valence-electron chi connectivity index (χ0n) is 22.2. The quantitative estimate of drug-likeness (QED) is 0.103. The van der Waals surface area contributed by atoms with Gasteiger partial charge in [0.2, 0.25) is 0 Å². The van der Waals surface area contributed by atoms with E-state index in [2.05, 4.69) is 31.6 Å². The van der Waals surface area contributed by atoms with E-state index in [9.17, 15) is 14.4 Å². The molecule has 42 heavy (non-hydrogen) atoms. The highest BCUT2D eigenvalue weighted by Crippen LogP contribution is 2.09. The van der Waals surface area contributed by atoms with Crippen molar-refractivity contribution in [2.75, 3.05) is 17.2 Å². The van der Waals surface area contributed by atoms with E-state index in [-0.39, 0.29) is 0 Å². The van der Waals surface area contributed by atoms with Crippen molar-refractivity contribution >= 4 is 53.4 Å². The Kier molecular flexibility index (Phi) is 9.34. The van der Waals surface area contributed by atoms with Crippen molar-refractivity contribution in [3.8, 4) is 0 Å². The van der Waals surface area contributed by atoms with Gasteiger partial charge < -0.3 is 17.2 Å². The summed E-state index contributed by atoms with van der Waals surface area (Å²) in [4.78, 5) is 37.1. The first-order chi connectivity index (χ1) is 20.3. The van der Waals surface area contributed by atoms with Gasteiger partial charge in [0.15, 0.2) is 0 Å². The summed E-state index contributed by atoms with van der Waals surface area (Å²) < 4.78 is 0. The average Bonchev–Trinajstić information content (AvgIpc) is 2.98. The SMILES string of the molecule is Nc1ccc(C(=O)NN=Cc2cc(C=NNC(=O)c3ccc(N)cc3)cc(C=NNC(=O)c3ccc(N)cc3)c2)cc1. The van der Waals surface area contributed by atoms with Gasteiger partial charge in [-0.05, 0) is 108 Å². The van der Waals surface area contributed by atoms with Crippen molar-refractivity contribution < 1.29 is 14.4 Å². The van der Waals surface area contributed by atoms with Crippen molar-refractivity contribution in [3.63, 3.8) is 0 Å². The summed E-state index contributed by atoms with van der Waals surface area (Å²) in [6.07, 6.45) is 4.30. The maximum absolute atomic E-state index is 12.4. The summed E-state index contributed by atoms with van der Waals surface area (Å²) in [6.45, 7) is 0. The second-order valence-electron chi connectivity index (χ2n) is 8.90. The highest BCUT2D eigenvalue weighted by molar-refractivity contribution is 5.98. The predicted molar refractivity (Wildman–Crippen MR) is 164 cm³/mol. The van der Waals surface area contributed by atoms with Crippen LogP contribution in [0.2, 0.25) is 0 Å². The Labute approximate surface area is 241 Å². The van der Waals surface area contributed by atoms with Crippen LogP contribution in [-0.4, -0.2) is 36.4 Å². The topological polar surface area (TPSA) is 202 Å². The minimum Gasteiger partial charge on any atom is -0.399 e. The van der Waals surface area contributed by atoms with E-state index in [1.807, 2.05) is 0 Å². The summed E-state index contributed by atoms with van der Waals surface area (Å²) in [5, 5.41) is 12.1. The third-order valence-corrected chi connectivity index (χ3v) is 5.66. The van der Waals surface area contributed by atoms with Crippen LogP contribution in [0.15, 0.2) is 106 Å². The fourth-order valence-corrected chi connectivity index (χ4v) is 3.52. The van der Waals surface area contributed by atoms with Crippen LogP contribution < -0.4 is 33.5 Å². The maximum atomic E-state index is 12.4. The van der Waals surface area contributed by atoms with Crippen LogP contribution in [0.4, 0.5) is 17.1 Å². The summed E-state index contributed by atoms with van der Waals surface area (Å²) in [7, 11) is 0. The molecule has 4 aromatic carbocycles. The van der Waals surface area contributed by atoms with Crippen LogP contribution in [0.5, 0.6) is 0 Å². The van der Waals surface area contributed by atoms with Crippen LogP contribution >= 0.6 is 0 Å². The monoisotopic (exact) mass is 561 g/mol. The van der Waals surface area contributed by atoms with Gasteiger partial charge in [-0.15, -0.1) is 0 Å². The van der Waals surface area contributed by atoms with Crippen molar-refractivity contribution in [3.05, 3.63) is 124 Å². The Morgan fingerprint density at radius 2 is 0.690 bits per heavy atom. The molecule has 0 aliphatic heterocycles. The van der Waals surface area contributed by atoms with Gasteiger partial charge in [0.05, 0.1) is 18.6 Å². The van der Waals surface area contributed by atoms with Gasteiger partial charge in [-0.2, -0.15) is 15.3 Å². The lowest BCUT2D eigenvalue weighted by Crippen LogP contribution is -2.18. The van der Waals surface area contributed by atoms with Gasteiger partial charge in [-0.1, -0.05) is 0 Å². The molecule has 0 radical (unpaired) electrons. The molecule has 0 atom stereocenters. The number of nitrogens with two attached hydrogens (primary N) is 3. The highest BCUT2D eigenvalue weighted by atomic mass is 16.2. The second kappa shape index (κ2) is 13.7. The number of benzene rings is 4. The molecule has 9 N–H and O–H groups in total. The first kappa shape index (κ1) is 28.7.